The molecule has 1 N–H and O–H groups in total. The summed E-state index contributed by atoms with van der Waals surface area (Å²) in [6.45, 7) is 3.60. The van der Waals surface area contributed by atoms with Crippen LogP contribution in [0.4, 0.5) is 0 Å². The van der Waals surface area contributed by atoms with E-state index in [4.69, 9.17) is 5.26 Å². The van der Waals surface area contributed by atoms with Crippen molar-refractivity contribution in [3.8, 4) is 6.07 Å². The summed E-state index contributed by atoms with van der Waals surface area (Å²) in [5.41, 5.74) is 0. The Morgan fingerprint density at radius 1 is 1.50 bits per heavy atom. The summed E-state index contributed by atoms with van der Waals surface area (Å²) in [7, 11) is -2.14. The van der Waals surface area contributed by atoms with Crippen LogP contribution in [0.15, 0.2) is 0 Å². The van der Waals surface area contributed by atoms with Crippen LogP contribution in [-0.2, 0) is 14.8 Å². The first-order chi connectivity index (χ1) is 7.38. The van der Waals surface area contributed by atoms with E-state index < -0.39 is 15.3 Å². The van der Waals surface area contributed by atoms with E-state index in [0.717, 1.165) is 0 Å². The van der Waals surface area contributed by atoms with E-state index in [9.17, 15) is 13.2 Å². The first kappa shape index (κ1) is 14.9. The summed E-state index contributed by atoms with van der Waals surface area (Å²) in [6.07, 6.45) is 0.198. The highest BCUT2D eigenvalue weighted by molar-refractivity contribution is 7.90. The molecule has 0 aliphatic heterocycles. The van der Waals surface area contributed by atoms with Crippen molar-refractivity contribution in [2.45, 2.75) is 25.5 Å². The monoisotopic (exact) mass is 247 g/mol. The summed E-state index contributed by atoms with van der Waals surface area (Å²) in [4.78, 5) is 12.7. The van der Waals surface area contributed by atoms with E-state index >= 15 is 0 Å². The maximum absolute atomic E-state index is 11.5. The molecule has 0 rings (SSSR count). The van der Waals surface area contributed by atoms with Gasteiger partial charge in [0.15, 0.2) is 5.25 Å². The molecular weight excluding hydrogens is 230 g/mol. The molecule has 0 aromatic carbocycles. The van der Waals surface area contributed by atoms with E-state index in [1.165, 1.54) is 4.90 Å². The maximum atomic E-state index is 11.5. The van der Waals surface area contributed by atoms with Crippen molar-refractivity contribution in [2.75, 3.05) is 20.1 Å². The highest BCUT2D eigenvalue weighted by atomic mass is 32.2. The molecule has 0 bridgehead atoms. The molecular formula is C9H17N3O3S. The van der Waals surface area contributed by atoms with Gasteiger partial charge in [-0.15, -0.1) is 0 Å². The number of sulfonamides is 1. The molecule has 0 radical (unpaired) electrons. The molecule has 0 aliphatic carbocycles. The predicted molar refractivity (Wildman–Crippen MR) is 59.9 cm³/mol. The van der Waals surface area contributed by atoms with Gasteiger partial charge >= 0.3 is 0 Å². The molecule has 7 heteroatoms. The van der Waals surface area contributed by atoms with Gasteiger partial charge < -0.3 is 4.90 Å². The van der Waals surface area contributed by atoms with Crippen molar-refractivity contribution in [1.82, 2.24) is 9.62 Å². The van der Waals surface area contributed by atoms with Gasteiger partial charge in [0.25, 0.3) is 0 Å². The number of carbonyl (C=O) groups is 1. The lowest BCUT2D eigenvalue weighted by Gasteiger charge is -2.15. The van der Waals surface area contributed by atoms with Crippen LogP contribution >= 0.6 is 0 Å². The number of hydrogen-bond acceptors (Lipinski definition) is 4. The first-order valence-electron chi connectivity index (χ1n) is 5.01. The largest absolute Gasteiger partial charge is 0.345 e. The summed E-state index contributed by atoms with van der Waals surface area (Å²) >= 11 is 0. The lowest BCUT2D eigenvalue weighted by Crippen LogP contribution is -2.41. The molecule has 6 nitrogen and oxygen atoms in total. The van der Waals surface area contributed by atoms with Gasteiger partial charge in [-0.25, -0.2) is 13.1 Å². The molecule has 0 saturated carbocycles. The van der Waals surface area contributed by atoms with Gasteiger partial charge in [0.05, 0.1) is 12.6 Å². The minimum absolute atomic E-state index is 0.198. The van der Waals surface area contributed by atoms with Gasteiger partial charge in [-0.3, -0.25) is 4.79 Å². The van der Waals surface area contributed by atoms with Crippen LogP contribution in [0.3, 0.4) is 0 Å². The van der Waals surface area contributed by atoms with Crippen molar-refractivity contribution in [3.63, 3.8) is 0 Å². The smallest absolute Gasteiger partial charge is 0.237 e. The fourth-order valence-electron chi connectivity index (χ4n) is 0.954. The van der Waals surface area contributed by atoms with Gasteiger partial charge in [0, 0.05) is 13.6 Å². The second-order valence-corrected chi connectivity index (χ2v) is 5.25. The van der Waals surface area contributed by atoms with Crippen molar-refractivity contribution in [2.24, 2.45) is 0 Å². The molecule has 0 saturated heterocycles. The Morgan fingerprint density at radius 2 is 2.06 bits per heavy atom. The molecule has 0 aromatic rings. The third kappa shape index (κ3) is 4.16. The molecule has 0 aromatic heterocycles. The zero-order chi connectivity index (χ0) is 12.8. The number of likely N-dealkylation sites (N-methyl/N-ethyl adjacent to an activating group) is 1. The van der Waals surface area contributed by atoms with E-state index in [1.54, 1.807) is 27.0 Å². The minimum Gasteiger partial charge on any atom is -0.345 e. The Kier molecular flexibility index (Phi) is 6.00. The highest BCUT2D eigenvalue weighted by Crippen LogP contribution is 2.02. The van der Waals surface area contributed by atoms with E-state index in [2.05, 4.69) is 4.72 Å². The number of rotatable bonds is 6. The van der Waals surface area contributed by atoms with E-state index in [-0.39, 0.29) is 18.9 Å². The molecule has 16 heavy (non-hydrogen) atoms. The van der Waals surface area contributed by atoms with E-state index in [1.807, 2.05) is 0 Å². The first-order valence-corrected chi connectivity index (χ1v) is 6.55. The molecule has 0 heterocycles. The van der Waals surface area contributed by atoms with Crippen molar-refractivity contribution in [1.29, 1.82) is 5.26 Å². The molecule has 92 valence electrons. The summed E-state index contributed by atoms with van der Waals surface area (Å²) < 4.78 is 25.1. The molecule has 1 unspecified atom stereocenters. The zero-order valence-corrected chi connectivity index (χ0v) is 10.5. The van der Waals surface area contributed by atoms with Crippen molar-refractivity contribution < 1.29 is 13.2 Å². The molecule has 0 fully saturated rings. The van der Waals surface area contributed by atoms with Crippen LogP contribution in [0.5, 0.6) is 0 Å². The predicted octanol–water partition coefficient (Wildman–Crippen LogP) is -0.314. The van der Waals surface area contributed by atoms with Crippen LogP contribution < -0.4 is 4.72 Å². The van der Waals surface area contributed by atoms with Gasteiger partial charge in [0.2, 0.25) is 15.9 Å². The Balaban J connectivity index is 4.42. The number of nitrogens with zero attached hydrogens (tertiary/aromatic N) is 2. The lowest BCUT2D eigenvalue weighted by atomic mass is 10.4. The van der Waals surface area contributed by atoms with Crippen LogP contribution in [0.25, 0.3) is 0 Å². The highest BCUT2D eigenvalue weighted by Gasteiger charge is 2.24. The quantitative estimate of drug-likeness (QED) is 0.697. The van der Waals surface area contributed by atoms with Crippen LogP contribution in [0.1, 0.15) is 20.3 Å². The lowest BCUT2D eigenvalue weighted by molar-refractivity contribution is -0.128. The average Bonchev–Trinajstić information content (AvgIpc) is 2.26. The van der Waals surface area contributed by atoms with Gasteiger partial charge in [-0.05, 0) is 13.3 Å². The number of carbonyl (C=O) groups excluding carboxylic acids is 1. The Hall–Kier alpha value is -1.13. The van der Waals surface area contributed by atoms with Crippen molar-refractivity contribution >= 4 is 15.9 Å². The average molecular weight is 247 g/mol. The fourth-order valence-corrected chi connectivity index (χ4v) is 2.06. The molecule has 0 aliphatic rings. The van der Waals surface area contributed by atoms with Gasteiger partial charge in [-0.2, -0.15) is 5.26 Å². The van der Waals surface area contributed by atoms with Crippen LogP contribution in [0.2, 0.25) is 0 Å². The Bertz CT molecular complexity index is 372. The second kappa shape index (κ2) is 6.45. The Labute approximate surface area is 96.3 Å². The molecule has 0 spiro atoms. The summed E-state index contributed by atoms with van der Waals surface area (Å²) in [6, 6.07) is 1.68. The van der Waals surface area contributed by atoms with Crippen molar-refractivity contribution in [3.05, 3.63) is 0 Å². The second-order valence-electron chi connectivity index (χ2n) is 3.30. The molecule has 1 amide bonds. The Morgan fingerprint density at radius 3 is 2.44 bits per heavy atom. The number of hydrogen-bond donors (Lipinski definition) is 1. The summed E-state index contributed by atoms with van der Waals surface area (Å²) in [5.74, 6) is -0.320. The maximum Gasteiger partial charge on any atom is 0.237 e. The normalized spacial score (nSPS) is 12.9. The topological polar surface area (TPSA) is 90.3 Å². The summed E-state index contributed by atoms with van der Waals surface area (Å²) in [5, 5.41) is 7.51. The zero-order valence-electron chi connectivity index (χ0n) is 9.73. The minimum atomic E-state index is -3.72. The third-order valence-electron chi connectivity index (χ3n) is 2.21. The third-order valence-corrected chi connectivity index (χ3v) is 3.95. The number of nitrogens with one attached hydrogen (secondary N) is 1. The van der Waals surface area contributed by atoms with Gasteiger partial charge in [-0.1, -0.05) is 6.92 Å². The number of nitriles is 1. The standard InChI is InChI=1S/C9H17N3O3S/c1-4-8(6-10)16(14,15)11-7-9(13)12(3)5-2/h8,11H,4-5,7H2,1-3H3. The fraction of sp³-hybridized carbons (Fsp3) is 0.778. The van der Waals surface area contributed by atoms with E-state index in [0.29, 0.717) is 6.54 Å². The van der Waals surface area contributed by atoms with Crippen LogP contribution in [0, 0.1) is 11.3 Å². The molecule has 1 atom stereocenters. The van der Waals surface area contributed by atoms with Crippen LogP contribution in [-0.4, -0.2) is 44.6 Å². The number of amides is 1. The van der Waals surface area contributed by atoms with Gasteiger partial charge in [0.1, 0.15) is 0 Å². The SMILES string of the molecule is CCC(C#N)S(=O)(=O)NCC(=O)N(C)CC.